The summed E-state index contributed by atoms with van der Waals surface area (Å²) in [6.45, 7) is 0.377. The minimum Gasteiger partial charge on any atom is -0.481 e. The van der Waals surface area contributed by atoms with E-state index in [1.807, 2.05) is 0 Å². The fourth-order valence-electron chi connectivity index (χ4n) is 4.06. The maximum Gasteiger partial charge on any atom is 0.268 e. The summed E-state index contributed by atoms with van der Waals surface area (Å²) < 4.78 is 38.9. The van der Waals surface area contributed by atoms with E-state index in [0.29, 0.717) is 59.9 Å². The van der Waals surface area contributed by atoms with Crippen LogP contribution in [-0.4, -0.2) is 24.3 Å². The third-order valence-corrected chi connectivity index (χ3v) is 5.70. The molecule has 0 bridgehead atoms. The highest BCUT2D eigenvalue weighted by Gasteiger charge is 2.36. The first kappa shape index (κ1) is 20.2. The molecule has 1 amide bonds. The van der Waals surface area contributed by atoms with Crippen LogP contribution in [0.15, 0.2) is 60.7 Å². The Labute approximate surface area is 183 Å². The maximum atomic E-state index is 14.4. The number of hydrogen-bond acceptors (Lipinski definition) is 4. The molecule has 1 saturated heterocycles. The summed E-state index contributed by atoms with van der Waals surface area (Å²) in [6.07, 6.45) is 0.446. The lowest BCUT2D eigenvalue weighted by molar-refractivity contribution is -0.122. The number of ether oxygens (including phenoxy) is 2. The molecule has 0 aromatic heterocycles. The van der Waals surface area contributed by atoms with E-state index in [1.54, 1.807) is 30.3 Å². The van der Waals surface area contributed by atoms with Gasteiger partial charge in [0.25, 0.3) is 5.91 Å². The molecule has 0 radical (unpaired) electrons. The van der Waals surface area contributed by atoms with Gasteiger partial charge in [-0.15, -0.1) is 0 Å². The first-order valence-electron chi connectivity index (χ1n) is 10.3. The van der Waals surface area contributed by atoms with Crippen LogP contribution in [0.5, 0.6) is 17.2 Å². The average Bonchev–Trinajstić information content (AvgIpc) is 3.34. The minimum absolute atomic E-state index is 0.0943. The van der Waals surface area contributed by atoms with Gasteiger partial charge in [0, 0.05) is 30.6 Å². The van der Waals surface area contributed by atoms with Gasteiger partial charge in [0.15, 0.2) is 11.9 Å². The Hall–Kier alpha value is -3.74. The molecule has 0 spiro atoms. The van der Waals surface area contributed by atoms with Crippen molar-refractivity contribution in [2.75, 3.05) is 11.4 Å². The van der Waals surface area contributed by atoms with Crippen LogP contribution in [0, 0.1) is 11.6 Å². The molecule has 1 aliphatic carbocycles. The molecular weight excluding hydrogens is 416 g/mol. The zero-order valence-electron chi connectivity index (χ0n) is 17.0. The van der Waals surface area contributed by atoms with Crippen molar-refractivity contribution in [2.24, 2.45) is 0 Å². The molecule has 162 valence electrons. The Morgan fingerprint density at radius 2 is 1.50 bits per heavy atom. The Balaban J connectivity index is 1.26. The summed E-state index contributed by atoms with van der Waals surface area (Å²) >= 11 is 0. The second-order valence-electron chi connectivity index (χ2n) is 7.79. The van der Waals surface area contributed by atoms with E-state index in [0.717, 1.165) is 0 Å². The number of benzene rings is 3. The van der Waals surface area contributed by atoms with Crippen molar-refractivity contribution in [1.29, 1.82) is 0 Å². The number of nitrogens with zero attached hydrogens (tertiary/aromatic N) is 1. The molecule has 0 N–H and O–H groups in total. The zero-order chi connectivity index (χ0) is 22.2. The summed E-state index contributed by atoms with van der Waals surface area (Å²) in [6, 6.07) is 15.4. The monoisotopic (exact) mass is 435 g/mol. The van der Waals surface area contributed by atoms with E-state index < -0.39 is 11.9 Å². The fraction of sp³-hybridized carbons (Fsp3) is 0.200. The Morgan fingerprint density at radius 3 is 2.22 bits per heavy atom. The molecule has 1 heterocycles. The number of fused-ring (bicyclic) bond motifs is 1. The van der Waals surface area contributed by atoms with E-state index in [2.05, 4.69) is 0 Å². The first-order chi connectivity index (χ1) is 15.5. The predicted molar refractivity (Wildman–Crippen MR) is 113 cm³/mol. The summed E-state index contributed by atoms with van der Waals surface area (Å²) in [5, 5.41) is 0. The first-order valence-corrected chi connectivity index (χ1v) is 10.3. The van der Waals surface area contributed by atoms with Gasteiger partial charge in [0.1, 0.15) is 28.9 Å². The summed E-state index contributed by atoms with van der Waals surface area (Å²) in [7, 11) is 0. The highest BCUT2D eigenvalue weighted by atomic mass is 19.1. The van der Waals surface area contributed by atoms with Crippen LogP contribution in [0.2, 0.25) is 0 Å². The third-order valence-electron chi connectivity index (χ3n) is 5.70. The molecular formula is C25H19F2NO4. The van der Waals surface area contributed by atoms with E-state index in [4.69, 9.17) is 9.47 Å². The van der Waals surface area contributed by atoms with Crippen LogP contribution in [0.4, 0.5) is 14.5 Å². The Kier molecular flexibility index (Phi) is 5.09. The number of halogens is 2. The molecule has 5 rings (SSSR count). The normalized spacial score (nSPS) is 17.6. The lowest BCUT2D eigenvalue weighted by Crippen LogP contribution is -2.32. The van der Waals surface area contributed by atoms with Crippen molar-refractivity contribution in [1.82, 2.24) is 0 Å². The smallest absolute Gasteiger partial charge is 0.268 e. The molecule has 2 aliphatic rings. The minimum atomic E-state index is -0.703. The molecule has 1 fully saturated rings. The van der Waals surface area contributed by atoms with Crippen LogP contribution in [-0.2, 0) is 11.2 Å². The van der Waals surface area contributed by atoms with Crippen molar-refractivity contribution in [3.63, 3.8) is 0 Å². The van der Waals surface area contributed by atoms with Gasteiger partial charge in [-0.05, 0) is 72.6 Å². The van der Waals surface area contributed by atoms with Gasteiger partial charge in [-0.25, -0.2) is 8.78 Å². The number of ketones is 1. The largest absolute Gasteiger partial charge is 0.481 e. The molecule has 0 unspecified atom stereocenters. The van der Waals surface area contributed by atoms with Crippen molar-refractivity contribution in [2.45, 2.75) is 25.4 Å². The highest BCUT2D eigenvalue weighted by molar-refractivity contribution is 6.04. The second-order valence-corrected chi connectivity index (χ2v) is 7.79. The number of amides is 1. The SMILES string of the molecule is O=C1CCc2c(F)cc(N3CC[C@@H](Oc4ccc(Oc5ccc(F)cc5)cc4)C3=O)cc21. The lowest BCUT2D eigenvalue weighted by Gasteiger charge is -2.18. The second kappa shape index (κ2) is 8.07. The van der Waals surface area contributed by atoms with Crippen molar-refractivity contribution < 1.29 is 27.8 Å². The number of anilines is 1. The van der Waals surface area contributed by atoms with Gasteiger partial charge in [-0.3, -0.25) is 9.59 Å². The van der Waals surface area contributed by atoms with Gasteiger partial charge < -0.3 is 14.4 Å². The summed E-state index contributed by atoms with van der Waals surface area (Å²) in [5.41, 5.74) is 1.19. The molecule has 5 nitrogen and oxygen atoms in total. The van der Waals surface area contributed by atoms with Gasteiger partial charge in [-0.1, -0.05) is 0 Å². The molecule has 1 atom stereocenters. The van der Waals surface area contributed by atoms with Crippen LogP contribution >= 0.6 is 0 Å². The van der Waals surface area contributed by atoms with Crippen LogP contribution in [0.3, 0.4) is 0 Å². The Bertz CT molecular complexity index is 1190. The van der Waals surface area contributed by atoms with E-state index in [1.165, 1.54) is 35.2 Å². The summed E-state index contributed by atoms with van der Waals surface area (Å²) in [4.78, 5) is 26.3. The summed E-state index contributed by atoms with van der Waals surface area (Å²) in [5.74, 6) is 0.378. The molecule has 1 aliphatic heterocycles. The van der Waals surface area contributed by atoms with Gasteiger partial charge in [-0.2, -0.15) is 0 Å². The van der Waals surface area contributed by atoms with Crippen LogP contribution in [0.1, 0.15) is 28.8 Å². The van der Waals surface area contributed by atoms with Crippen molar-refractivity contribution >= 4 is 17.4 Å². The van der Waals surface area contributed by atoms with Gasteiger partial charge in [0.2, 0.25) is 0 Å². The molecule has 32 heavy (non-hydrogen) atoms. The number of carbonyl (C=O) groups excluding carboxylic acids is 2. The third kappa shape index (κ3) is 3.82. The topological polar surface area (TPSA) is 55.8 Å². The standard InChI is InChI=1S/C25H19F2NO4/c26-15-1-3-17(4-2-15)31-18-5-7-19(8-6-18)32-24-11-12-28(25(24)30)16-13-21-20(22(27)14-16)9-10-23(21)29/h1-8,13-14,24H,9-12H2/t24-/m1/s1. The van der Waals surface area contributed by atoms with E-state index >= 15 is 0 Å². The van der Waals surface area contributed by atoms with Gasteiger partial charge >= 0.3 is 0 Å². The van der Waals surface area contributed by atoms with E-state index in [9.17, 15) is 18.4 Å². The van der Waals surface area contributed by atoms with Crippen LogP contribution in [0.25, 0.3) is 0 Å². The highest BCUT2D eigenvalue weighted by Crippen LogP contribution is 2.33. The predicted octanol–water partition coefficient (Wildman–Crippen LogP) is 5.07. The lowest BCUT2D eigenvalue weighted by atomic mass is 10.1. The number of Topliss-reactive ketones (excluding diaryl/α,β-unsaturated/α-hetero) is 1. The van der Waals surface area contributed by atoms with Crippen LogP contribution < -0.4 is 14.4 Å². The average molecular weight is 435 g/mol. The maximum absolute atomic E-state index is 14.4. The number of carbonyl (C=O) groups is 2. The van der Waals surface area contributed by atoms with Crippen molar-refractivity contribution in [3.05, 3.63) is 83.4 Å². The zero-order valence-corrected chi connectivity index (χ0v) is 17.0. The quantitative estimate of drug-likeness (QED) is 0.562. The van der Waals surface area contributed by atoms with Crippen molar-refractivity contribution in [3.8, 4) is 17.2 Å². The number of rotatable bonds is 5. The number of hydrogen-bond donors (Lipinski definition) is 0. The van der Waals surface area contributed by atoms with E-state index in [-0.39, 0.29) is 17.5 Å². The Morgan fingerprint density at radius 1 is 0.844 bits per heavy atom. The van der Waals surface area contributed by atoms with Gasteiger partial charge in [0.05, 0.1) is 0 Å². The molecule has 0 saturated carbocycles. The molecule has 3 aromatic carbocycles. The molecule has 7 heteroatoms. The fourth-order valence-corrected chi connectivity index (χ4v) is 4.06. The molecule has 3 aromatic rings.